The summed E-state index contributed by atoms with van der Waals surface area (Å²) in [5, 5.41) is 19.6. The van der Waals surface area contributed by atoms with Crippen molar-refractivity contribution in [3.8, 4) is 0 Å². The number of hydrogen-bond donors (Lipinski definition) is 3. The van der Waals surface area contributed by atoms with Crippen molar-refractivity contribution in [2.75, 3.05) is 13.1 Å². The van der Waals surface area contributed by atoms with Gasteiger partial charge in [-0.25, -0.2) is 4.79 Å². The number of H-pyrrole nitrogens is 1. The number of rotatable bonds is 1. The van der Waals surface area contributed by atoms with E-state index in [1.165, 1.54) is 4.90 Å². The number of aromatic amines is 1. The predicted octanol–water partition coefficient (Wildman–Crippen LogP) is 2.28. The Labute approximate surface area is 137 Å². The van der Waals surface area contributed by atoms with E-state index < -0.39 is 24.2 Å². The quantitative estimate of drug-likeness (QED) is 0.730. The topological polar surface area (TPSA) is 81.2 Å². The Morgan fingerprint density at radius 2 is 2.17 bits per heavy atom. The molecule has 1 aromatic heterocycles. The average molecular weight is 346 g/mol. The van der Waals surface area contributed by atoms with Crippen LogP contribution in [0.25, 0.3) is 0 Å². The summed E-state index contributed by atoms with van der Waals surface area (Å²) in [6.07, 6.45) is -1.11. The molecule has 0 radical (unpaired) electrons. The van der Waals surface area contributed by atoms with Gasteiger partial charge in [-0.15, -0.1) is 0 Å². The van der Waals surface area contributed by atoms with Crippen LogP contribution in [0, 0.1) is 0 Å². The maximum atomic E-state index is 13.0. The van der Waals surface area contributed by atoms with Gasteiger partial charge in [0.1, 0.15) is 0 Å². The molecule has 6 nitrogen and oxygen atoms in total. The van der Waals surface area contributed by atoms with Gasteiger partial charge in [0.15, 0.2) is 5.60 Å². The highest BCUT2D eigenvalue weighted by molar-refractivity contribution is 5.74. The van der Waals surface area contributed by atoms with Gasteiger partial charge in [-0.2, -0.15) is 18.3 Å². The Morgan fingerprint density at radius 3 is 2.92 bits per heavy atom. The minimum absolute atomic E-state index is 0.114. The molecule has 3 rings (SSSR count). The molecule has 2 atom stereocenters. The summed E-state index contributed by atoms with van der Waals surface area (Å²) in [6, 6.07) is -0.595. The van der Waals surface area contributed by atoms with Gasteiger partial charge in [0, 0.05) is 19.5 Å². The molecular formula is C15H21F3N4O2. The zero-order valence-corrected chi connectivity index (χ0v) is 13.2. The molecule has 0 bridgehead atoms. The lowest BCUT2D eigenvalue weighted by Gasteiger charge is -2.30. The number of fused-ring (bicyclic) bond motifs is 1. The summed E-state index contributed by atoms with van der Waals surface area (Å²) >= 11 is 0. The van der Waals surface area contributed by atoms with Gasteiger partial charge >= 0.3 is 12.2 Å². The molecule has 0 aromatic carbocycles. The molecule has 2 unspecified atom stereocenters. The van der Waals surface area contributed by atoms with Gasteiger partial charge in [0.05, 0.1) is 17.9 Å². The molecule has 2 heterocycles. The zero-order valence-electron chi connectivity index (χ0n) is 13.2. The number of alkyl halides is 3. The highest BCUT2D eigenvalue weighted by Gasteiger charge is 2.53. The van der Waals surface area contributed by atoms with Gasteiger partial charge in [0.2, 0.25) is 0 Å². The van der Waals surface area contributed by atoms with E-state index in [4.69, 9.17) is 0 Å². The first kappa shape index (κ1) is 17.1. The third kappa shape index (κ3) is 3.22. The molecule has 24 heavy (non-hydrogen) atoms. The molecule has 0 saturated carbocycles. The monoisotopic (exact) mass is 346 g/mol. The van der Waals surface area contributed by atoms with E-state index in [1.807, 2.05) is 0 Å². The van der Waals surface area contributed by atoms with Gasteiger partial charge < -0.3 is 15.3 Å². The van der Waals surface area contributed by atoms with Crippen molar-refractivity contribution < 1.29 is 23.1 Å². The number of likely N-dealkylation sites (tertiary alicyclic amines) is 1. The number of nitrogens with zero attached hydrogens (tertiary/aromatic N) is 2. The van der Waals surface area contributed by atoms with E-state index in [9.17, 15) is 23.1 Å². The number of halogens is 3. The Balaban J connectivity index is 1.63. The van der Waals surface area contributed by atoms with Crippen LogP contribution >= 0.6 is 0 Å². The van der Waals surface area contributed by atoms with Crippen LogP contribution in [0.3, 0.4) is 0 Å². The van der Waals surface area contributed by atoms with Crippen molar-refractivity contribution in [3.05, 3.63) is 17.5 Å². The van der Waals surface area contributed by atoms with E-state index >= 15 is 0 Å². The molecule has 2 aliphatic rings. The summed E-state index contributed by atoms with van der Waals surface area (Å²) in [6.45, 7) is 0.0805. The number of aryl methyl sites for hydroxylation is 1. The SMILES string of the molecule is O=C(NC1CCCc2cn[nH]c21)N1CCCC(O)(C(F)(F)F)CC1. The van der Waals surface area contributed by atoms with Crippen molar-refractivity contribution in [3.63, 3.8) is 0 Å². The molecule has 1 aliphatic carbocycles. The Kier molecular flexibility index (Phi) is 4.46. The number of aromatic nitrogens is 2. The minimum atomic E-state index is -4.67. The van der Waals surface area contributed by atoms with E-state index in [-0.39, 0.29) is 32.0 Å². The van der Waals surface area contributed by atoms with Crippen LogP contribution in [-0.4, -0.2) is 51.1 Å². The van der Waals surface area contributed by atoms with Crippen molar-refractivity contribution in [2.24, 2.45) is 0 Å². The van der Waals surface area contributed by atoms with Crippen LogP contribution < -0.4 is 5.32 Å². The Morgan fingerprint density at radius 1 is 1.38 bits per heavy atom. The van der Waals surface area contributed by atoms with Crippen molar-refractivity contribution in [1.82, 2.24) is 20.4 Å². The summed E-state index contributed by atoms with van der Waals surface area (Å²) in [5.41, 5.74) is -0.770. The molecule has 2 amide bonds. The van der Waals surface area contributed by atoms with Crippen molar-refractivity contribution in [1.29, 1.82) is 0 Å². The number of carbonyl (C=O) groups excluding carboxylic acids is 1. The van der Waals surface area contributed by atoms with Gasteiger partial charge in [-0.1, -0.05) is 0 Å². The number of nitrogens with one attached hydrogen (secondary N) is 2. The van der Waals surface area contributed by atoms with Gasteiger partial charge in [-0.05, 0) is 37.7 Å². The number of aliphatic hydroxyl groups is 1. The fraction of sp³-hybridized carbons (Fsp3) is 0.733. The highest BCUT2D eigenvalue weighted by atomic mass is 19.4. The first-order valence-electron chi connectivity index (χ1n) is 8.17. The molecule has 3 N–H and O–H groups in total. The van der Waals surface area contributed by atoms with Gasteiger partial charge in [-0.3, -0.25) is 5.10 Å². The number of hydrogen-bond acceptors (Lipinski definition) is 3. The lowest BCUT2D eigenvalue weighted by molar-refractivity contribution is -0.263. The minimum Gasteiger partial charge on any atom is -0.380 e. The second kappa shape index (κ2) is 6.27. The van der Waals surface area contributed by atoms with Crippen LogP contribution in [0.15, 0.2) is 6.20 Å². The average Bonchev–Trinajstić information content (AvgIpc) is 2.89. The van der Waals surface area contributed by atoms with E-state index in [0.29, 0.717) is 0 Å². The van der Waals surface area contributed by atoms with Crippen LogP contribution in [0.2, 0.25) is 0 Å². The molecule has 1 fully saturated rings. The van der Waals surface area contributed by atoms with E-state index in [1.54, 1.807) is 6.20 Å². The first-order valence-corrected chi connectivity index (χ1v) is 8.17. The second-order valence-electron chi connectivity index (χ2n) is 6.57. The highest BCUT2D eigenvalue weighted by Crippen LogP contribution is 2.38. The first-order chi connectivity index (χ1) is 11.3. The fourth-order valence-electron chi connectivity index (χ4n) is 3.45. The summed E-state index contributed by atoms with van der Waals surface area (Å²) in [5.74, 6) is 0. The van der Waals surface area contributed by atoms with Crippen LogP contribution in [0.1, 0.15) is 49.4 Å². The lowest BCUT2D eigenvalue weighted by atomic mass is 9.94. The maximum Gasteiger partial charge on any atom is 0.417 e. The Hall–Kier alpha value is -1.77. The molecule has 1 aromatic rings. The van der Waals surface area contributed by atoms with E-state index in [2.05, 4.69) is 15.5 Å². The van der Waals surface area contributed by atoms with E-state index in [0.717, 1.165) is 30.5 Å². The largest absolute Gasteiger partial charge is 0.417 e. The normalized spacial score (nSPS) is 28.2. The fourth-order valence-corrected chi connectivity index (χ4v) is 3.45. The summed E-state index contributed by atoms with van der Waals surface area (Å²) in [7, 11) is 0. The van der Waals surface area contributed by atoms with Crippen LogP contribution in [0.4, 0.5) is 18.0 Å². The smallest absolute Gasteiger partial charge is 0.380 e. The number of carbonyl (C=O) groups is 1. The summed E-state index contributed by atoms with van der Waals surface area (Å²) in [4.78, 5) is 13.8. The Bertz CT molecular complexity index is 604. The van der Waals surface area contributed by atoms with Crippen molar-refractivity contribution >= 4 is 6.03 Å². The second-order valence-corrected chi connectivity index (χ2v) is 6.57. The third-order valence-corrected chi connectivity index (χ3v) is 4.96. The van der Waals surface area contributed by atoms with Crippen LogP contribution in [-0.2, 0) is 6.42 Å². The zero-order chi connectivity index (χ0) is 17.4. The molecule has 134 valence electrons. The third-order valence-electron chi connectivity index (χ3n) is 4.96. The van der Waals surface area contributed by atoms with Crippen LogP contribution in [0.5, 0.6) is 0 Å². The molecule has 1 aliphatic heterocycles. The van der Waals surface area contributed by atoms with Gasteiger partial charge in [0.25, 0.3) is 0 Å². The van der Waals surface area contributed by atoms with Crippen molar-refractivity contribution in [2.45, 2.75) is 56.3 Å². The molecule has 9 heteroatoms. The molecule has 1 saturated heterocycles. The lowest BCUT2D eigenvalue weighted by Crippen LogP contribution is -2.47. The number of urea groups is 1. The predicted molar refractivity (Wildman–Crippen MR) is 79.2 cm³/mol. The maximum absolute atomic E-state index is 13.0. The molecule has 0 spiro atoms. The summed E-state index contributed by atoms with van der Waals surface area (Å²) < 4.78 is 38.9. The molecular weight excluding hydrogens is 325 g/mol. The standard InChI is InChI=1S/C15H21F3N4O2/c16-15(17,18)14(24)5-2-7-22(8-6-14)13(23)20-11-4-1-3-10-9-19-21-12(10)11/h9,11,24H,1-8H2,(H,19,21)(H,20,23). The number of amides is 2.